The SMILES string of the molecule is C[Si](C)(CC(=O)CCCCCO)O[Si](C)(C)CC(=O)CCCCCO. The first-order valence-corrected chi connectivity index (χ1v) is 15.8. The molecule has 0 aliphatic carbocycles. The first kappa shape index (κ1) is 24.7. The average Bonchev–Trinajstić information content (AvgIpc) is 2.45. The van der Waals surface area contributed by atoms with Gasteiger partial charge in [-0.05, 0) is 51.9 Å². The van der Waals surface area contributed by atoms with Gasteiger partial charge >= 0.3 is 0 Å². The molecule has 0 saturated heterocycles. The molecular weight excluding hydrogens is 352 g/mol. The van der Waals surface area contributed by atoms with E-state index in [4.69, 9.17) is 14.3 Å². The molecule has 148 valence electrons. The van der Waals surface area contributed by atoms with E-state index in [-0.39, 0.29) is 24.8 Å². The zero-order chi connectivity index (χ0) is 19.3. The Labute approximate surface area is 155 Å². The van der Waals surface area contributed by atoms with Gasteiger partial charge in [-0.2, -0.15) is 0 Å². The molecule has 0 rings (SSSR count). The molecule has 0 aromatic carbocycles. The largest absolute Gasteiger partial charge is 0.455 e. The molecule has 0 aromatic heterocycles. The average molecular weight is 391 g/mol. The van der Waals surface area contributed by atoms with Gasteiger partial charge in [0.1, 0.15) is 11.6 Å². The molecule has 0 bridgehead atoms. The van der Waals surface area contributed by atoms with E-state index in [0.717, 1.165) is 38.5 Å². The fourth-order valence-corrected chi connectivity index (χ4v) is 12.0. The van der Waals surface area contributed by atoms with E-state index >= 15 is 0 Å². The Morgan fingerprint density at radius 2 is 1.04 bits per heavy atom. The Morgan fingerprint density at radius 3 is 1.36 bits per heavy atom. The molecule has 7 heteroatoms. The van der Waals surface area contributed by atoms with Crippen LogP contribution in [-0.4, -0.2) is 51.6 Å². The topological polar surface area (TPSA) is 83.8 Å². The lowest BCUT2D eigenvalue weighted by atomic mass is 10.1. The van der Waals surface area contributed by atoms with E-state index in [1.165, 1.54) is 0 Å². The summed E-state index contributed by atoms with van der Waals surface area (Å²) in [5.74, 6) is 0.490. The van der Waals surface area contributed by atoms with Crippen LogP contribution in [0.1, 0.15) is 51.4 Å². The Balaban J connectivity index is 4.25. The molecule has 0 atom stereocenters. The molecule has 0 heterocycles. The van der Waals surface area contributed by atoms with Crippen molar-refractivity contribution in [2.24, 2.45) is 0 Å². The fourth-order valence-electron chi connectivity index (χ4n) is 3.17. The van der Waals surface area contributed by atoms with Crippen molar-refractivity contribution in [3.05, 3.63) is 0 Å². The highest BCUT2D eigenvalue weighted by atomic mass is 28.4. The molecular formula is C18H38O5Si2. The van der Waals surface area contributed by atoms with Crippen molar-refractivity contribution in [2.45, 2.75) is 89.6 Å². The summed E-state index contributed by atoms with van der Waals surface area (Å²) in [6.07, 6.45) is 6.06. The second-order valence-corrected chi connectivity index (χ2v) is 16.7. The Morgan fingerprint density at radius 1 is 0.680 bits per heavy atom. The van der Waals surface area contributed by atoms with Gasteiger partial charge in [-0.25, -0.2) is 0 Å². The monoisotopic (exact) mass is 390 g/mol. The minimum atomic E-state index is -2.10. The number of ketones is 2. The van der Waals surface area contributed by atoms with Crippen molar-refractivity contribution < 1.29 is 23.9 Å². The van der Waals surface area contributed by atoms with Gasteiger partial charge in [-0.3, -0.25) is 9.59 Å². The van der Waals surface area contributed by atoms with E-state index in [1.807, 2.05) is 0 Å². The van der Waals surface area contributed by atoms with Crippen LogP contribution in [0.4, 0.5) is 0 Å². The summed E-state index contributed by atoms with van der Waals surface area (Å²) in [7, 11) is -4.21. The maximum absolute atomic E-state index is 12.2. The molecule has 0 unspecified atom stereocenters. The van der Waals surface area contributed by atoms with Crippen molar-refractivity contribution >= 4 is 28.2 Å². The minimum absolute atomic E-state index is 0.186. The van der Waals surface area contributed by atoms with Gasteiger partial charge in [0.2, 0.25) is 0 Å². The van der Waals surface area contributed by atoms with Crippen molar-refractivity contribution in [1.82, 2.24) is 0 Å². The normalized spacial score (nSPS) is 12.4. The van der Waals surface area contributed by atoms with Crippen LogP contribution in [0.25, 0.3) is 0 Å². The highest BCUT2D eigenvalue weighted by molar-refractivity contribution is 6.87. The molecule has 0 aliphatic rings. The Hall–Kier alpha value is -0.346. The molecule has 0 saturated carbocycles. The van der Waals surface area contributed by atoms with Crippen LogP contribution < -0.4 is 0 Å². The van der Waals surface area contributed by atoms with Gasteiger partial charge in [0.05, 0.1) is 0 Å². The summed E-state index contributed by atoms with van der Waals surface area (Å²) < 4.78 is 6.38. The zero-order valence-corrected chi connectivity index (χ0v) is 18.6. The standard InChI is InChI=1S/C18H38O5Si2/c1-24(2,15-17(21)11-7-5-9-13-19)23-25(3,4)16-18(22)12-8-6-10-14-20/h19-20H,5-16H2,1-4H3. The lowest BCUT2D eigenvalue weighted by Crippen LogP contribution is -2.46. The predicted molar refractivity (Wildman–Crippen MR) is 107 cm³/mol. The van der Waals surface area contributed by atoms with Crippen LogP contribution in [0.15, 0.2) is 0 Å². The maximum Gasteiger partial charge on any atom is 0.180 e. The van der Waals surface area contributed by atoms with Gasteiger partial charge in [0.15, 0.2) is 16.6 Å². The van der Waals surface area contributed by atoms with Crippen molar-refractivity contribution in [3.8, 4) is 0 Å². The summed E-state index contributed by atoms with van der Waals surface area (Å²) in [6, 6.07) is 1.01. The van der Waals surface area contributed by atoms with Crippen molar-refractivity contribution in [1.29, 1.82) is 0 Å². The molecule has 25 heavy (non-hydrogen) atoms. The first-order chi connectivity index (χ1) is 11.6. The van der Waals surface area contributed by atoms with Gasteiger partial charge < -0.3 is 14.3 Å². The summed E-state index contributed by atoms with van der Waals surface area (Å²) in [6.45, 7) is 8.65. The molecule has 0 radical (unpaired) electrons. The van der Waals surface area contributed by atoms with E-state index in [1.54, 1.807) is 0 Å². The van der Waals surface area contributed by atoms with Crippen LogP contribution in [0, 0.1) is 0 Å². The zero-order valence-electron chi connectivity index (χ0n) is 16.6. The highest BCUT2D eigenvalue weighted by Crippen LogP contribution is 2.23. The van der Waals surface area contributed by atoms with Crippen molar-refractivity contribution in [2.75, 3.05) is 13.2 Å². The smallest absolute Gasteiger partial charge is 0.180 e. The lowest BCUT2D eigenvalue weighted by molar-refractivity contribution is -0.118. The molecule has 0 spiro atoms. The second-order valence-electron chi connectivity index (χ2n) is 8.12. The summed E-state index contributed by atoms with van der Waals surface area (Å²) in [4.78, 5) is 24.3. The summed E-state index contributed by atoms with van der Waals surface area (Å²) >= 11 is 0. The van der Waals surface area contributed by atoms with Gasteiger partial charge in [-0.15, -0.1) is 0 Å². The number of unbranched alkanes of at least 4 members (excludes halogenated alkanes) is 4. The van der Waals surface area contributed by atoms with Crippen LogP contribution in [-0.2, 0) is 13.7 Å². The second kappa shape index (κ2) is 12.9. The maximum atomic E-state index is 12.2. The highest BCUT2D eigenvalue weighted by Gasteiger charge is 2.35. The lowest BCUT2D eigenvalue weighted by Gasteiger charge is -2.33. The van der Waals surface area contributed by atoms with Crippen molar-refractivity contribution in [3.63, 3.8) is 0 Å². The van der Waals surface area contributed by atoms with Gasteiger partial charge in [0.25, 0.3) is 0 Å². The number of hydrogen-bond acceptors (Lipinski definition) is 5. The van der Waals surface area contributed by atoms with Crippen LogP contribution in [0.5, 0.6) is 0 Å². The van der Waals surface area contributed by atoms with Crippen LogP contribution in [0.2, 0.25) is 38.3 Å². The first-order valence-electron chi connectivity index (χ1n) is 9.57. The third kappa shape index (κ3) is 14.5. The third-order valence-corrected chi connectivity index (χ3v) is 10.9. The predicted octanol–water partition coefficient (Wildman–Crippen LogP) is 3.66. The summed E-state index contributed by atoms with van der Waals surface area (Å²) in [5.41, 5.74) is 0. The van der Waals surface area contributed by atoms with E-state index in [9.17, 15) is 9.59 Å². The van der Waals surface area contributed by atoms with Gasteiger partial charge in [-0.1, -0.05) is 12.8 Å². The minimum Gasteiger partial charge on any atom is -0.455 e. The number of carbonyl (C=O) groups is 2. The molecule has 2 N–H and O–H groups in total. The third-order valence-electron chi connectivity index (χ3n) is 4.03. The fraction of sp³-hybridized carbons (Fsp3) is 0.889. The van der Waals surface area contributed by atoms with E-state index in [0.29, 0.717) is 24.9 Å². The number of aliphatic hydroxyl groups is 2. The van der Waals surface area contributed by atoms with Crippen LogP contribution >= 0.6 is 0 Å². The Kier molecular flexibility index (Phi) is 12.7. The van der Waals surface area contributed by atoms with Crippen LogP contribution in [0.3, 0.4) is 0 Å². The summed E-state index contributed by atoms with van der Waals surface area (Å²) in [5, 5.41) is 17.5. The molecule has 0 fully saturated rings. The Bertz CT molecular complexity index is 361. The molecule has 0 aliphatic heterocycles. The van der Waals surface area contributed by atoms with E-state index < -0.39 is 16.6 Å². The molecule has 0 aromatic rings. The number of carbonyl (C=O) groups excluding carboxylic acids is 2. The number of Topliss-reactive ketones (excluding diaryl/α,β-unsaturated/α-hetero) is 2. The quantitative estimate of drug-likeness (QED) is 0.310. The number of hydrogen-bond donors (Lipinski definition) is 2. The number of rotatable bonds is 16. The van der Waals surface area contributed by atoms with Gasteiger partial charge in [0, 0.05) is 38.1 Å². The molecule has 0 amide bonds. The number of aliphatic hydroxyl groups excluding tert-OH is 2. The van der Waals surface area contributed by atoms with E-state index in [2.05, 4.69) is 26.2 Å². The molecule has 5 nitrogen and oxygen atoms in total.